The molecule has 1 saturated carbocycles. The fraction of sp³-hybridized carbons (Fsp3) is 0.450. The van der Waals surface area contributed by atoms with Gasteiger partial charge in [-0.1, -0.05) is 0 Å². The van der Waals surface area contributed by atoms with Gasteiger partial charge >= 0.3 is 0 Å². The molecule has 0 radical (unpaired) electrons. The highest BCUT2D eigenvalue weighted by atomic mass is 19.1. The molecule has 2 aliphatic rings. The van der Waals surface area contributed by atoms with Crippen molar-refractivity contribution in [3.63, 3.8) is 0 Å². The highest BCUT2D eigenvalue weighted by molar-refractivity contribution is 5.98. The summed E-state index contributed by atoms with van der Waals surface area (Å²) >= 11 is 0. The number of hydrogen-bond donors (Lipinski definition) is 2. The summed E-state index contributed by atoms with van der Waals surface area (Å²) in [5, 5.41) is 9.11. The zero-order valence-corrected chi connectivity index (χ0v) is 15.7. The molecule has 3 aromatic rings. The minimum atomic E-state index is -1.13. The number of rotatable bonds is 4. The number of likely N-dealkylation sites (tertiary alicyclic amines) is 1. The molecule has 7 nitrogen and oxygen atoms in total. The Hall–Kier alpha value is -2.90. The summed E-state index contributed by atoms with van der Waals surface area (Å²) in [5.41, 5.74) is 3.79. The van der Waals surface area contributed by atoms with Gasteiger partial charge in [-0.05, 0) is 25.3 Å². The number of nitrogens with zero attached hydrogens (tertiary/aromatic N) is 4. The average molecular weight is 382 g/mol. The number of pyridine rings is 1. The number of piperidine rings is 1. The summed E-state index contributed by atoms with van der Waals surface area (Å²) in [5.74, 6) is -0.0797. The lowest BCUT2D eigenvalue weighted by Crippen LogP contribution is -2.44. The lowest BCUT2D eigenvalue weighted by Gasteiger charge is -2.34. The summed E-state index contributed by atoms with van der Waals surface area (Å²) in [6, 6.07) is 2.17. The van der Waals surface area contributed by atoms with Gasteiger partial charge in [0.15, 0.2) is 0 Å². The van der Waals surface area contributed by atoms with Gasteiger partial charge in [-0.25, -0.2) is 9.37 Å². The van der Waals surface area contributed by atoms with Crippen LogP contribution in [0.4, 0.5) is 10.1 Å². The van der Waals surface area contributed by atoms with Crippen LogP contribution < -0.4 is 5.32 Å². The third-order valence-corrected chi connectivity index (χ3v) is 5.72. The number of halogens is 1. The van der Waals surface area contributed by atoms with Crippen LogP contribution in [0.2, 0.25) is 0 Å². The van der Waals surface area contributed by atoms with Crippen LogP contribution in [0.25, 0.3) is 22.2 Å². The normalized spacial score (nSPS) is 22.6. The van der Waals surface area contributed by atoms with Crippen molar-refractivity contribution in [1.82, 2.24) is 24.6 Å². The van der Waals surface area contributed by atoms with E-state index in [2.05, 4.69) is 20.4 Å². The van der Waals surface area contributed by atoms with Crippen molar-refractivity contribution >= 4 is 22.6 Å². The predicted octanol–water partition coefficient (Wildman–Crippen LogP) is 3.13. The number of carbonyl (C=O) groups excluding carboxylic acids is 1. The van der Waals surface area contributed by atoms with Gasteiger partial charge in [0, 0.05) is 54.6 Å². The van der Waals surface area contributed by atoms with Crippen LogP contribution in [0.15, 0.2) is 30.9 Å². The summed E-state index contributed by atoms with van der Waals surface area (Å²) in [6.07, 6.45) is 9.18. The molecule has 28 heavy (non-hydrogen) atoms. The lowest BCUT2D eigenvalue weighted by molar-refractivity contribution is -0.131. The molecular formula is C20H23FN6O. The Labute approximate surface area is 161 Å². The number of H-pyrrole nitrogens is 1. The summed E-state index contributed by atoms with van der Waals surface area (Å²) < 4.78 is 16.4. The van der Waals surface area contributed by atoms with E-state index in [1.807, 2.05) is 24.7 Å². The van der Waals surface area contributed by atoms with Crippen LogP contribution >= 0.6 is 0 Å². The maximum atomic E-state index is 14.7. The minimum absolute atomic E-state index is 0.0797. The highest BCUT2D eigenvalue weighted by Gasteiger charge is 2.32. The van der Waals surface area contributed by atoms with Gasteiger partial charge in [0.25, 0.3) is 0 Å². The smallest absolute Gasteiger partial charge is 0.219 e. The van der Waals surface area contributed by atoms with Gasteiger partial charge in [0.2, 0.25) is 5.91 Å². The number of alkyl halides is 1. The number of nitrogens with one attached hydrogen (secondary N) is 2. The molecule has 2 atom stereocenters. The second-order valence-corrected chi connectivity index (χ2v) is 7.75. The molecule has 2 fully saturated rings. The van der Waals surface area contributed by atoms with Crippen LogP contribution in [0.3, 0.4) is 0 Å². The largest absolute Gasteiger partial charge is 0.381 e. The first-order valence-electron chi connectivity index (χ1n) is 9.77. The summed E-state index contributed by atoms with van der Waals surface area (Å²) in [7, 11) is 0. The quantitative estimate of drug-likeness (QED) is 0.727. The first kappa shape index (κ1) is 17.2. The zero-order chi connectivity index (χ0) is 19.3. The topological polar surface area (TPSA) is 78.8 Å². The van der Waals surface area contributed by atoms with Crippen molar-refractivity contribution in [3.05, 3.63) is 30.9 Å². The Morgan fingerprint density at radius 3 is 2.93 bits per heavy atom. The van der Waals surface area contributed by atoms with Crippen LogP contribution in [-0.4, -0.2) is 55.9 Å². The van der Waals surface area contributed by atoms with Crippen molar-refractivity contribution in [3.8, 4) is 11.1 Å². The molecule has 1 aliphatic carbocycles. The molecule has 1 aliphatic heterocycles. The molecule has 1 saturated heterocycles. The summed E-state index contributed by atoms with van der Waals surface area (Å²) in [6.45, 7) is 2.17. The number of carbonyl (C=O) groups is 1. The molecule has 3 aromatic heterocycles. The van der Waals surface area contributed by atoms with Gasteiger partial charge in [0.1, 0.15) is 11.8 Å². The number of anilines is 1. The Bertz CT molecular complexity index is 1020. The molecule has 0 bridgehead atoms. The zero-order valence-electron chi connectivity index (χ0n) is 15.7. The fourth-order valence-corrected chi connectivity index (χ4v) is 3.95. The van der Waals surface area contributed by atoms with Crippen molar-refractivity contribution in [2.75, 3.05) is 18.4 Å². The van der Waals surface area contributed by atoms with Crippen LogP contribution in [0.5, 0.6) is 0 Å². The standard InChI is InChI=1S/C20H23FN6O/c1-12(28)26-7-5-18(17(21)11-26)27-10-13(8-24-27)16-9-23-20-15(4-6-22-20)19(16)25-14-2-3-14/h4,6,8-10,14,17-18H,2-3,5,7,11H2,1H3,(H2,22,23,25)/t17-,18-/m0/s1. The third-order valence-electron chi connectivity index (χ3n) is 5.72. The Balaban J connectivity index is 1.46. The molecule has 0 unspecified atom stereocenters. The van der Waals surface area contributed by atoms with Crippen LogP contribution in [-0.2, 0) is 4.79 Å². The van der Waals surface area contributed by atoms with Gasteiger partial charge in [0.05, 0.1) is 24.5 Å². The molecule has 8 heteroatoms. The molecular weight excluding hydrogens is 359 g/mol. The van der Waals surface area contributed by atoms with Crippen molar-refractivity contribution < 1.29 is 9.18 Å². The Morgan fingerprint density at radius 1 is 1.32 bits per heavy atom. The van der Waals surface area contributed by atoms with E-state index in [4.69, 9.17) is 0 Å². The van der Waals surface area contributed by atoms with E-state index in [1.54, 1.807) is 15.8 Å². The number of amides is 1. The van der Waals surface area contributed by atoms with Crippen molar-refractivity contribution in [2.45, 2.75) is 44.4 Å². The number of fused-ring (bicyclic) bond motifs is 1. The maximum Gasteiger partial charge on any atom is 0.219 e. The van der Waals surface area contributed by atoms with Gasteiger partial charge in [-0.3, -0.25) is 9.48 Å². The lowest BCUT2D eigenvalue weighted by atomic mass is 10.0. The Kier molecular flexibility index (Phi) is 4.07. The van der Waals surface area contributed by atoms with Gasteiger partial charge in [-0.15, -0.1) is 0 Å². The SMILES string of the molecule is CC(=O)N1CC[C@H](n2cc(-c3cnc4[nH]ccc4c3NC3CC3)cn2)[C@@H](F)C1. The van der Waals surface area contributed by atoms with Gasteiger partial charge in [-0.2, -0.15) is 5.10 Å². The fourth-order valence-electron chi connectivity index (χ4n) is 3.95. The second kappa shape index (κ2) is 6.61. The second-order valence-electron chi connectivity index (χ2n) is 7.75. The van der Waals surface area contributed by atoms with Crippen LogP contribution in [0.1, 0.15) is 32.2 Å². The van der Waals surface area contributed by atoms with E-state index in [0.29, 0.717) is 19.0 Å². The number of hydrogen-bond acceptors (Lipinski definition) is 4. The molecule has 1 amide bonds. The number of aromatic nitrogens is 4. The number of aromatic amines is 1. The van der Waals surface area contributed by atoms with E-state index in [1.165, 1.54) is 19.8 Å². The van der Waals surface area contributed by atoms with Crippen molar-refractivity contribution in [2.24, 2.45) is 0 Å². The van der Waals surface area contributed by atoms with E-state index >= 15 is 0 Å². The molecule has 2 N–H and O–H groups in total. The minimum Gasteiger partial charge on any atom is -0.381 e. The van der Waals surface area contributed by atoms with E-state index in [9.17, 15) is 9.18 Å². The molecule has 146 valence electrons. The Morgan fingerprint density at radius 2 is 2.18 bits per heavy atom. The first-order valence-corrected chi connectivity index (χ1v) is 9.77. The monoisotopic (exact) mass is 382 g/mol. The maximum absolute atomic E-state index is 14.7. The third kappa shape index (κ3) is 3.02. The molecule has 4 heterocycles. The molecule has 5 rings (SSSR count). The highest BCUT2D eigenvalue weighted by Crippen LogP contribution is 2.37. The molecule has 0 aromatic carbocycles. The van der Waals surface area contributed by atoms with E-state index < -0.39 is 6.17 Å². The van der Waals surface area contributed by atoms with Crippen LogP contribution in [0, 0.1) is 0 Å². The van der Waals surface area contributed by atoms with E-state index in [-0.39, 0.29) is 18.5 Å². The predicted molar refractivity (Wildman–Crippen MR) is 105 cm³/mol. The van der Waals surface area contributed by atoms with E-state index in [0.717, 1.165) is 27.8 Å². The van der Waals surface area contributed by atoms with Gasteiger partial charge < -0.3 is 15.2 Å². The summed E-state index contributed by atoms with van der Waals surface area (Å²) in [4.78, 5) is 20.8. The first-order chi connectivity index (χ1) is 13.6. The molecule has 0 spiro atoms. The average Bonchev–Trinajstić information content (AvgIpc) is 3.17. The van der Waals surface area contributed by atoms with Crippen molar-refractivity contribution in [1.29, 1.82) is 0 Å².